The molecule has 1 aromatic heterocycles. The van der Waals surface area contributed by atoms with Crippen LogP contribution in [-0.4, -0.2) is 19.9 Å². The van der Waals surface area contributed by atoms with Gasteiger partial charge in [0, 0.05) is 0 Å². The summed E-state index contributed by atoms with van der Waals surface area (Å²) in [4.78, 5) is 0. The molecule has 0 bridgehead atoms. The second-order valence-electron chi connectivity index (χ2n) is 3.23. The Hall–Kier alpha value is -1.75. The molecule has 2 aromatic rings. The van der Waals surface area contributed by atoms with Crippen molar-refractivity contribution in [2.24, 2.45) is 0 Å². The van der Waals surface area contributed by atoms with Crippen LogP contribution in [0.5, 0.6) is 0 Å². The largest absolute Gasteiger partial charge is 0.387 e. The van der Waals surface area contributed by atoms with Crippen molar-refractivity contribution in [2.45, 2.75) is 12.6 Å². The van der Waals surface area contributed by atoms with Crippen LogP contribution in [0.4, 0.5) is 4.39 Å². The smallest absolute Gasteiger partial charge is 0.123 e. The SMILES string of the molecule is OC(Cn1cnnc1)c1ccc(F)cc1. The molecule has 0 radical (unpaired) electrons. The normalized spacial score (nSPS) is 12.7. The minimum Gasteiger partial charge on any atom is -0.387 e. The van der Waals surface area contributed by atoms with Crippen LogP contribution in [0.3, 0.4) is 0 Å². The van der Waals surface area contributed by atoms with E-state index < -0.39 is 6.10 Å². The first kappa shape index (κ1) is 9.79. The summed E-state index contributed by atoms with van der Waals surface area (Å²) in [7, 11) is 0. The summed E-state index contributed by atoms with van der Waals surface area (Å²) in [5.74, 6) is -0.310. The van der Waals surface area contributed by atoms with Crippen LogP contribution >= 0.6 is 0 Å². The Morgan fingerprint density at radius 1 is 1.20 bits per heavy atom. The minimum atomic E-state index is -0.679. The van der Waals surface area contributed by atoms with Crippen molar-refractivity contribution >= 4 is 0 Å². The van der Waals surface area contributed by atoms with E-state index in [0.717, 1.165) is 0 Å². The molecule has 0 fully saturated rings. The zero-order valence-electron chi connectivity index (χ0n) is 7.92. The summed E-state index contributed by atoms with van der Waals surface area (Å²) in [6.07, 6.45) is 2.36. The molecule has 4 nitrogen and oxygen atoms in total. The molecule has 1 heterocycles. The van der Waals surface area contributed by atoms with E-state index in [-0.39, 0.29) is 5.82 Å². The second kappa shape index (κ2) is 4.18. The summed E-state index contributed by atoms with van der Waals surface area (Å²) in [5.41, 5.74) is 0.671. The van der Waals surface area contributed by atoms with Crippen molar-refractivity contribution in [3.05, 3.63) is 48.3 Å². The van der Waals surface area contributed by atoms with Crippen molar-refractivity contribution in [1.29, 1.82) is 0 Å². The van der Waals surface area contributed by atoms with Gasteiger partial charge < -0.3 is 9.67 Å². The molecule has 0 aliphatic heterocycles. The maximum atomic E-state index is 12.6. The number of benzene rings is 1. The standard InChI is InChI=1S/C10H10FN3O/c11-9-3-1-8(2-4-9)10(15)5-14-6-12-13-7-14/h1-4,6-7,10,15H,5H2. The van der Waals surface area contributed by atoms with E-state index in [0.29, 0.717) is 12.1 Å². The van der Waals surface area contributed by atoms with E-state index in [4.69, 9.17) is 0 Å². The van der Waals surface area contributed by atoms with Crippen molar-refractivity contribution in [3.8, 4) is 0 Å². The number of aromatic nitrogens is 3. The third-order valence-electron chi connectivity index (χ3n) is 2.11. The first-order chi connectivity index (χ1) is 7.25. The first-order valence-corrected chi connectivity index (χ1v) is 4.51. The van der Waals surface area contributed by atoms with E-state index in [9.17, 15) is 9.50 Å². The van der Waals surface area contributed by atoms with E-state index in [2.05, 4.69) is 10.2 Å². The van der Waals surface area contributed by atoms with Gasteiger partial charge in [-0.3, -0.25) is 0 Å². The topological polar surface area (TPSA) is 50.9 Å². The Kier molecular flexibility index (Phi) is 2.73. The average Bonchev–Trinajstić information content (AvgIpc) is 2.71. The molecule has 2 rings (SSSR count). The van der Waals surface area contributed by atoms with Crippen LogP contribution in [0.1, 0.15) is 11.7 Å². The third-order valence-corrected chi connectivity index (χ3v) is 2.11. The lowest BCUT2D eigenvalue weighted by Gasteiger charge is -2.10. The highest BCUT2D eigenvalue weighted by Gasteiger charge is 2.07. The number of aliphatic hydroxyl groups excluding tert-OH is 1. The van der Waals surface area contributed by atoms with Crippen LogP contribution < -0.4 is 0 Å². The molecule has 1 aromatic carbocycles. The highest BCUT2D eigenvalue weighted by molar-refractivity contribution is 5.18. The van der Waals surface area contributed by atoms with Crippen LogP contribution in [-0.2, 0) is 6.54 Å². The second-order valence-corrected chi connectivity index (χ2v) is 3.23. The number of hydrogen-bond acceptors (Lipinski definition) is 3. The quantitative estimate of drug-likeness (QED) is 0.821. The van der Waals surface area contributed by atoms with Gasteiger partial charge in [-0.2, -0.15) is 0 Å². The Labute approximate surface area is 86.0 Å². The van der Waals surface area contributed by atoms with Gasteiger partial charge in [-0.1, -0.05) is 12.1 Å². The molecule has 15 heavy (non-hydrogen) atoms. The van der Waals surface area contributed by atoms with E-state index >= 15 is 0 Å². The molecule has 1 unspecified atom stereocenters. The summed E-state index contributed by atoms with van der Waals surface area (Å²) < 4.78 is 14.3. The van der Waals surface area contributed by atoms with Crippen molar-refractivity contribution in [3.63, 3.8) is 0 Å². The molecule has 0 aliphatic carbocycles. The molecule has 0 amide bonds. The lowest BCUT2D eigenvalue weighted by atomic mass is 10.1. The lowest BCUT2D eigenvalue weighted by molar-refractivity contribution is 0.156. The number of hydrogen-bond donors (Lipinski definition) is 1. The first-order valence-electron chi connectivity index (χ1n) is 4.51. The third kappa shape index (κ3) is 2.38. The van der Waals surface area contributed by atoms with E-state index in [1.807, 2.05) is 0 Å². The molecule has 1 N–H and O–H groups in total. The zero-order chi connectivity index (χ0) is 10.7. The van der Waals surface area contributed by atoms with Crippen LogP contribution in [0.2, 0.25) is 0 Å². The maximum Gasteiger partial charge on any atom is 0.123 e. The monoisotopic (exact) mass is 207 g/mol. The zero-order valence-corrected chi connectivity index (χ0v) is 7.92. The van der Waals surface area contributed by atoms with Gasteiger partial charge in [0.15, 0.2) is 0 Å². The van der Waals surface area contributed by atoms with E-state index in [1.165, 1.54) is 24.8 Å². The van der Waals surface area contributed by atoms with Gasteiger partial charge in [-0.15, -0.1) is 10.2 Å². The van der Waals surface area contributed by atoms with Gasteiger partial charge in [0.25, 0.3) is 0 Å². The van der Waals surface area contributed by atoms with Crippen LogP contribution in [0.15, 0.2) is 36.9 Å². The van der Waals surface area contributed by atoms with Gasteiger partial charge in [0.05, 0.1) is 12.6 Å². The maximum absolute atomic E-state index is 12.6. The Morgan fingerprint density at radius 2 is 1.80 bits per heavy atom. The summed E-state index contributed by atoms with van der Waals surface area (Å²) in [6.45, 7) is 0.360. The molecule has 0 spiro atoms. The van der Waals surface area contributed by atoms with Crippen molar-refractivity contribution in [1.82, 2.24) is 14.8 Å². The van der Waals surface area contributed by atoms with Gasteiger partial charge in [-0.25, -0.2) is 4.39 Å². The molecule has 0 saturated carbocycles. The fraction of sp³-hybridized carbons (Fsp3) is 0.200. The van der Waals surface area contributed by atoms with Crippen LogP contribution in [0, 0.1) is 5.82 Å². The highest BCUT2D eigenvalue weighted by Crippen LogP contribution is 2.14. The molecule has 1 atom stereocenters. The fourth-order valence-electron chi connectivity index (χ4n) is 1.31. The molecular formula is C10H10FN3O. The van der Waals surface area contributed by atoms with E-state index in [1.54, 1.807) is 16.7 Å². The van der Waals surface area contributed by atoms with Crippen LogP contribution in [0.25, 0.3) is 0 Å². The fourth-order valence-corrected chi connectivity index (χ4v) is 1.31. The summed E-state index contributed by atoms with van der Waals surface area (Å²) >= 11 is 0. The number of halogens is 1. The Morgan fingerprint density at radius 3 is 2.40 bits per heavy atom. The minimum absolute atomic E-state index is 0.310. The van der Waals surface area contributed by atoms with Crippen molar-refractivity contribution < 1.29 is 9.50 Å². The van der Waals surface area contributed by atoms with Gasteiger partial charge in [0.1, 0.15) is 18.5 Å². The number of aliphatic hydroxyl groups is 1. The van der Waals surface area contributed by atoms with Gasteiger partial charge >= 0.3 is 0 Å². The van der Waals surface area contributed by atoms with Gasteiger partial charge in [-0.05, 0) is 17.7 Å². The van der Waals surface area contributed by atoms with Crippen molar-refractivity contribution in [2.75, 3.05) is 0 Å². The Balaban J connectivity index is 2.08. The lowest BCUT2D eigenvalue weighted by Crippen LogP contribution is -2.07. The molecule has 78 valence electrons. The Bertz CT molecular complexity index is 413. The number of rotatable bonds is 3. The summed E-state index contributed by atoms with van der Waals surface area (Å²) in [6, 6.07) is 5.77. The predicted octanol–water partition coefficient (Wildman–Crippen LogP) is 1.15. The molecule has 0 aliphatic rings. The molecule has 0 saturated heterocycles. The van der Waals surface area contributed by atoms with Gasteiger partial charge in [0.2, 0.25) is 0 Å². The number of nitrogens with zero attached hydrogens (tertiary/aromatic N) is 3. The molecular weight excluding hydrogens is 197 g/mol. The predicted molar refractivity (Wildman–Crippen MR) is 51.4 cm³/mol. The summed E-state index contributed by atoms with van der Waals surface area (Å²) in [5, 5.41) is 17.0. The average molecular weight is 207 g/mol. The molecule has 5 heteroatoms. The highest BCUT2D eigenvalue weighted by atomic mass is 19.1.